The third-order valence-electron chi connectivity index (χ3n) is 5.21. The third kappa shape index (κ3) is 3.35. The van der Waals surface area contributed by atoms with Gasteiger partial charge in [0, 0.05) is 37.6 Å². The van der Waals surface area contributed by atoms with Gasteiger partial charge in [0.25, 0.3) is 0 Å². The summed E-state index contributed by atoms with van der Waals surface area (Å²) in [6, 6.07) is 1.06. The first kappa shape index (κ1) is 15.9. The first-order valence-corrected chi connectivity index (χ1v) is 8.77. The molecule has 0 aromatic carbocycles. The fourth-order valence-electron chi connectivity index (χ4n) is 3.62. The van der Waals surface area contributed by atoms with Gasteiger partial charge in [-0.3, -0.25) is 9.80 Å². The molecule has 1 aromatic heterocycles. The molecule has 1 saturated heterocycles. The molecule has 0 radical (unpaired) electrons. The topological polar surface area (TPSA) is 45.4 Å². The Morgan fingerprint density at radius 3 is 2.27 bits per heavy atom. The summed E-state index contributed by atoms with van der Waals surface area (Å²) in [5.74, 6) is 1.57. The molecule has 5 heteroatoms. The Kier molecular flexibility index (Phi) is 4.55. The largest absolute Gasteiger partial charge is 0.338 e. The Morgan fingerprint density at radius 1 is 1.09 bits per heavy atom. The quantitative estimate of drug-likeness (QED) is 0.859. The summed E-state index contributed by atoms with van der Waals surface area (Å²) in [5.41, 5.74) is -0.0529. The SMILES string of the molecule is CC(c1nc(C(C)(C)C)no1)N1CCN(C2CCCC2)CC1. The van der Waals surface area contributed by atoms with Crippen molar-refractivity contribution in [1.29, 1.82) is 0 Å². The average Bonchev–Trinajstić information content (AvgIpc) is 3.17. The fraction of sp³-hybridized carbons (Fsp3) is 0.882. The highest BCUT2D eigenvalue weighted by Gasteiger charge is 2.30. The Labute approximate surface area is 134 Å². The predicted octanol–water partition coefficient (Wildman–Crippen LogP) is 2.99. The molecule has 0 amide bonds. The lowest BCUT2D eigenvalue weighted by molar-refractivity contribution is 0.0650. The van der Waals surface area contributed by atoms with Gasteiger partial charge in [0.1, 0.15) is 0 Å². The average molecular weight is 306 g/mol. The molecule has 1 atom stereocenters. The molecule has 1 aliphatic heterocycles. The molecule has 2 aliphatic rings. The predicted molar refractivity (Wildman–Crippen MR) is 86.8 cm³/mol. The molecule has 3 rings (SSSR count). The van der Waals surface area contributed by atoms with Crippen LogP contribution in [-0.4, -0.2) is 52.2 Å². The minimum Gasteiger partial charge on any atom is -0.338 e. The van der Waals surface area contributed by atoms with Gasteiger partial charge in [-0.15, -0.1) is 0 Å². The van der Waals surface area contributed by atoms with E-state index >= 15 is 0 Å². The van der Waals surface area contributed by atoms with Crippen molar-refractivity contribution in [3.8, 4) is 0 Å². The summed E-state index contributed by atoms with van der Waals surface area (Å²) in [6.07, 6.45) is 5.63. The van der Waals surface area contributed by atoms with Crippen molar-refractivity contribution in [3.63, 3.8) is 0 Å². The van der Waals surface area contributed by atoms with Crippen molar-refractivity contribution in [2.45, 2.75) is 70.9 Å². The molecule has 124 valence electrons. The van der Waals surface area contributed by atoms with Gasteiger partial charge in [0.2, 0.25) is 5.89 Å². The number of nitrogens with zero attached hydrogens (tertiary/aromatic N) is 4. The molecule has 0 N–H and O–H groups in total. The van der Waals surface area contributed by atoms with Gasteiger partial charge in [0.15, 0.2) is 5.82 Å². The minimum atomic E-state index is -0.0529. The summed E-state index contributed by atoms with van der Waals surface area (Å²) in [4.78, 5) is 9.78. The first-order valence-electron chi connectivity index (χ1n) is 8.77. The van der Waals surface area contributed by atoms with Gasteiger partial charge >= 0.3 is 0 Å². The van der Waals surface area contributed by atoms with Crippen LogP contribution in [0.4, 0.5) is 0 Å². The van der Waals surface area contributed by atoms with Gasteiger partial charge < -0.3 is 4.52 Å². The van der Waals surface area contributed by atoms with Crippen LogP contribution in [0.15, 0.2) is 4.52 Å². The van der Waals surface area contributed by atoms with E-state index in [0.29, 0.717) is 0 Å². The van der Waals surface area contributed by atoms with Crippen LogP contribution in [0.1, 0.15) is 71.1 Å². The second-order valence-corrected chi connectivity index (χ2v) is 7.89. The number of hydrogen-bond acceptors (Lipinski definition) is 5. The maximum Gasteiger partial charge on any atom is 0.243 e. The van der Waals surface area contributed by atoms with E-state index in [9.17, 15) is 0 Å². The van der Waals surface area contributed by atoms with Crippen LogP contribution in [0.5, 0.6) is 0 Å². The van der Waals surface area contributed by atoms with E-state index in [1.807, 2.05) is 0 Å². The molecule has 1 aliphatic carbocycles. The van der Waals surface area contributed by atoms with Crippen molar-refractivity contribution >= 4 is 0 Å². The first-order chi connectivity index (χ1) is 10.4. The Morgan fingerprint density at radius 2 is 1.73 bits per heavy atom. The third-order valence-corrected chi connectivity index (χ3v) is 5.21. The lowest BCUT2D eigenvalue weighted by Crippen LogP contribution is -2.50. The standard InChI is InChI=1S/C17H30N4O/c1-13(15-18-16(19-22-15)17(2,3)4)20-9-11-21(12-10-20)14-7-5-6-8-14/h13-14H,5-12H2,1-4H3. The molecule has 0 spiro atoms. The molecule has 1 saturated carbocycles. The van der Waals surface area contributed by atoms with Crippen molar-refractivity contribution in [2.24, 2.45) is 0 Å². The van der Waals surface area contributed by atoms with Crippen LogP contribution < -0.4 is 0 Å². The zero-order chi connectivity index (χ0) is 15.7. The monoisotopic (exact) mass is 306 g/mol. The lowest BCUT2D eigenvalue weighted by atomic mass is 9.96. The molecule has 5 nitrogen and oxygen atoms in total. The zero-order valence-electron chi connectivity index (χ0n) is 14.5. The van der Waals surface area contributed by atoms with E-state index in [1.54, 1.807) is 0 Å². The van der Waals surface area contributed by atoms with Gasteiger partial charge in [-0.05, 0) is 19.8 Å². The van der Waals surface area contributed by atoms with Crippen molar-refractivity contribution in [1.82, 2.24) is 19.9 Å². The highest BCUT2D eigenvalue weighted by atomic mass is 16.5. The summed E-state index contributed by atoms with van der Waals surface area (Å²) in [5, 5.41) is 4.16. The van der Waals surface area contributed by atoms with Crippen LogP contribution in [0.2, 0.25) is 0 Å². The van der Waals surface area contributed by atoms with Crippen LogP contribution in [0.25, 0.3) is 0 Å². The Bertz CT molecular complexity index is 479. The molecule has 1 aromatic rings. The smallest absolute Gasteiger partial charge is 0.243 e. The number of hydrogen-bond donors (Lipinski definition) is 0. The summed E-state index contributed by atoms with van der Waals surface area (Å²) < 4.78 is 5.52. The molecule has 2 fully saturated rings. The van der Waals surface area contributed by atoms with Crippen LogP contribution in [0, 0.1) is 0 Å². The second-order valence-electron chi connectivity index (χ2n) is 7.89. The summed E-state index contributed by atoms with van der Waals surface area (Å²) in [7, 11) is 0. The van der Waals surface area contributed by atoms with Gasteiger partial charge in [-0.1, -0.05) is 38.8 Å². The van der Waals surface area contributed by atoms with Gasteiger partial charge in [-0.2, -0.15) is 4.98 Å². The molecule has 22 heavy (non-hydrogen) atoms. The molecule has 0 bridgehead atoms. The van der Waals surface area contributed by atoms with E-state index in [2.05, 4.69) is 47.6 Å². The lowest BCUT2D eigenvalue weighted by Gasteiger charge is -2.39. The Hall–Kier alpha value is -0.940. The van der Waals surface area contributed by atoms with Crippen LogP contribution >= 0.6 is 0 Å². The van der Waals surface area contributed by atoms with E-state index in [0.717, 1.165) is 30.8 Å². The normalized spacial score (nSPS) is 24.0. The zero-order valence-corrected chi connectivity index (χ0v) is 14.5. The maximum absolute atomic E-state index is 5.52. The number of aromatic nitrogens is 2. The summed E-state index contributed by atoms with van der Waals surface area (Å²) >= 11 is 0. The van der Waals surface area contributed by atoms with Crippen LogP contribution in [-0.2, 0) is 5.41 Å². The van der Waals surface area contributed by atoms with E-state index in [4.69, 9.17) is 4.52 Å². The van der Waals surface area contributed by atoms with Crippen molar-refractivity contribution in [2.75, 3.05) is 26.2 Å². The highest BCUT2D eigenvalue weighted by Crippen LogP contribution is 2.27. The van der Waals surface area contributed by atoms with E-state index in [1.165, 1.54) is 38.8 Å². The van der Waals surface area contributed by atoms with Gasteiger partial charge in [-0.25, -0.2) is 0 Å². The van der Waals surface area contributed by atoms with Gasteiger partial charge in [0.05, 0.1) is 6.04 Å². The van der Waals surface area contributed by atoms with Crippen molar-refractivity contribution < 1.29 is 4.52 Å². The van der Waals surface area contributed by atoms with E-state index in [-0.39, 0.29) is 11.5 Å². The highest BCUT2D eigenvalue weighted by molar-refractivity contribution is 5.02. The van der Waals surface area contributed by atoms with Crippen molar-refractivity contribution in [3.05, 3.63) is 11.7 Å². The fourth-order valence-corrected chi connectivity index (χ4v) is 3.62. The maximum atomic E-state index is 5.52. The minimum absolute atomic E-state index is 0.0529. The second kappa shape index (κ2) is 6.28. The molecular weight excluding hydrogens is 276 g/mol. The number of piperazine rings is 1. The summed E-state index contributed by atoms with van der Waals surface area (Å²) in [6.45, 7) is 13.1. The van der Waals surface area contributed by atoms with Crippen LogP contribution in [0.3, 0.4) is 0 Å². The number of rotatable bonds is 3. The van der Waals surface area contributed by atoms with E-state index < -0.39 is 0 Å². The molecular formula is C17H30N4O. The molecule has 1 unspecified atom stereocenters. The molecule has 2 heterocycles. The Balaban J connectivity index is 1.57.